The van der Waals surface area contributed by atoms with Crippen molar-refractivity contribution in [3.63, 3.8) is 0 Å². The number of likely N-dealkylation sites (tertiary alicyclic amines) is 1. The molecule has 2 unspecified atom stereocenters. The summed E-state index contributed by atoms with van der Waals surface area (Å²) in [7, 11) is 2.23. The fraction of sp³-hybridized carbons (Fsp3) is 1.00. The van der Waals surface area contributed by atoms with Crippen LogP contribution in [0.3, 0.4) is 0 Å². The lowest BCUT2D eigenvalue weighted by atomic mass is 10.1. The monoisotopic (exact) mass is 127 g/mol. The fourth-order valence-corrected chi connectivity index (χ4v) is 1.84. The van der Waals surface area contributed by atoms with E-state index in [2.05, 4.69) is 25.8 Å². The quantitative estimate of drug-likeness (QED) is 0.518. The van der Waals surface area contributed by atoms with Crippen molar-refractivity contribution < 1.29 is 0 Å². The van der Waals surface area contributed by atoms with Crippen LogP contribution in [0, 0.1) is 5.92 Å². The molecule has 0 aromatic carbocycles. The van der Waals surface area contributed by atoms with Crippen LogP contribution in [0.1, 0.15) is 26.7 Å². The van der Waals surface area contributed by atoms with Crippen LogP contribution in [0.2, 0.25) is 0 Å². The molecule has 2 atom stereocenters. The predicted molar refractivity (Wildman–Crippen MR) is 40.5 cm³/mol. The van der Waals surface area contributed by atoms with E-state index >= 15 is 0 Å². The molecule has 1 saturated heterocycles. The number of rotatable bonds is 1. The van der Waals surface area contributed by atoms with Gasteiger partial charge in [-0.15, -0.1) is 0 Å². The molecule has 0 aromatic rings. The Morgan fingerprint density at radius 3 is 2.44 bits per heavy atom. The summed E-state index contributed by atoms with van der Waals surface area (Å²) < 4.78 is 0. The summed E-state index contributed by atoms with van der Waals surface area (Å²) >= 11 is 0. The maximum atomic E-state index is 2.48. The lowest BCUT2D eigenvalue weighted by Gasteiger charge is -2.16. The molecule has 54 valence electrons. The highest BCUT2D eigenvalue weighted by Gasteiger charge is 2.24. The topological polar surface area (TPSA) is 3.24 Å². The Balaban J connectivity index is 2.38. The van der Waals surface area contributed by atoms with Crippen molar-refractivity contribution in [2.45, 2.75) is 32.7 Å². The van der Waals surface area contributed by atoms with E-state index in [1.807, 2.05) is 0 Å². The van der Waals surface area contributed by atoms with Gasteiger partial charge in [-0.25, -0.2) is 0 Å². The smallest absolute Gasteiger partial charge is 0.00927 e. The van der Waals surface area contributed by atoms with Crippen LogP contribution in [0.5, 0.6) is 0 Å². The zero-order valence-electron chi connectivity index (χ0n) is 6.72. The molecule has 1 heterocycles. The molecule has 0 aliphatic carbocycles. The molecule has 1 fully saturated rings. The number of nitrogens with zero attached hydrogens (tertiary/aromatic N) is 1. The van der Waals surface area contributed by atoms with E-state index in [0.717, 1.165) is 12.0 Å². The molecule has 1 aliphatic heterocycles. The number of hydrogen-bond acceptors (Lipinski definition) is 1. The molecule has 9 heavy (non-hydrogen) atoms. The molecule has 0 bridgehead atoms. The Morgan fingerprint density at radius 2 is 2.22 bits per heavy atom. The molecule has 1 heteroatoms. The molecule has 0 spiro atoms. The Hall–Kier alpha value is -0.0400. The lowest BCUT2D eigenvalue weighted by molar-refractivity contribution is 0.302. The van der Waals surface area contributed by atoms with Crippen molar-refractivity contribution in [1.29, 1.82) is 0 Å². The average molecular weight is 127 g/mol. The summed E-state index contributed by atoms with van der Waals surface area (Å²) in [4.78, 5) is 2.48. The van der Waals surface area contributed by atoms with Crippen LogP contribution >= 0.6 is 0 Å². The van der Waals surface area contributed by atoms with Crippen molar-refractivity contribution in [3.05, 3.63) is 0 Å². The van der Waals surface area contributed by atoms with Crippen molar-refractivity contribution in [3.8, 4) is 0 Å². The Bertz CT molecular complexity index is 90.6. The molecule has 0 aromatic heterocycles. The van der Waals surface area contributed by atoms with Gasteiger partial charge in [0.2, 0.25) is 0 Å². The first-order chi connectivity index (χ1) is 4.24. The lowest BCUT2D eigenvalue weighted by Crippen LogP contribution is -2.23. The van der Waals surface area contributed by atoms with Crippen LogP contribution in [0.25, 0.3) is 0 Å². The van der Waals surface area contributed by atoms with Crippen LogP contribution in [0.4, 0.5) is 0 Å². The van der Waals surface area contributed by atoms with E-state index in [1.165, 1.54) is 19.4 Å². The van der Waals surface area contributed by atoms with Gasteiger partial charge in [0.25, 0.3) is 0 Å². The van der Waals surface area contributed by atoms with Gasteiger partial charge in [0.05, 0.1) is 0 Å². The van der Waals surface area contributed by atoms with E-state index in [4.69, 9.17) is 0 Å². The van der Waals surface area contributed by atoms with Gasteiger partial charge >= 0.3 is 0 Å². The Kier molecular flexibility index (Phi) is 2.12. The van der Waals surface area contributed by atoms with Gasteiger partial charge in [-0.3, -0.25) is 0 Å². The van der Waals surface area contributed by atoms with Crippen molar-refractivity contribution in [1.82, 2.24) is 4.90 Å². The number of hydrogen-bond donors (Lipinski definition) is 0. The van der Waals surface area contributed by atoms with Crippen molar-refractivity contribution >= 4 is 0 Å². The summed E-state index contributed by atoms with van der Waals surface area (Å²) in [5.74, 6) is 0.931. The van der Waals surface area contributed by atoms with Crippen molar-refractivity contribution in [2.75, 3.05) is 13.6 Å². The van der Waals surface area contributed by atoms with E-state index in [9.17, 15) is 0 Å². The minimum absolute atomic E-state index is 0.875. The highest BCUT2D eigenvalue weighted by molar-refractivity contribution is 4.79. The Morgan fingerprint density at radius 1 is 1.56 bits per heavy atom. The van der Waals surface area contributed by atoms with Gasteiger partial charge < -0.3 is 4.90 Å². The third kappa shape index (κ3) is 1.45. The fourth-order valence-electron chi connectivity index (χ4n) is 1.84. The third-order valence-electron chi connectivity index (χ3n) is 2.37. The largest absolute Gasteiger partial charge is 0.303 e. The summed E-state index contributed by atoms with van der Waals surface area (Å²) in [6, 6.07) is 0.875. The van der Waals surface area contributed by atoms with Crippen LogP contribution < -0.4 is 0 Å². The molecule has 1 rings (SSSR count). The minimum Gasteiger partial charge on any atom is -0.303 e. The molecule has 1 nitrogen and oxygen atoms in total. The SMILES string of the molecule is CCC1CC(C)CN1C. The zero-order chi connectivity index (χ0) is 6.85. The van der Waals surface area contributed by atoms with E-state index < -0.39 is 0 Å². The molecule has 0 N–H and O–H groups in total. The summed E-state index contributed by atoms with van der Waals surface area (Å²) in [5, 5.41) is 0. The highest BCUT2D eigenvalue weighted by Crippen LogP contribution is 2.22. The zero-order valence-corrected chi connectivity index (χ0v) is 6.72. The summed E-state index contributed by atoms with van der Waals surface area (Å²) in [5.41, 5.74) is 0. The first kappa shape index (κ1) is 7.07. The maximum absolute atomic E-state index is 2.48. The van der Waals surface area contributed by atoms with Crippen LogP contribution in [-0.4, -0.2) is 24.5 Å². The standard InChI is InChI=1S/C8H17N/c1-4-8-5-7(2)6-9(8)3/h7-8H,4-6H2,1-3H3. The Labute approximate surface area is 58.0 Å². The van der Waals surface area contributed by atoms with Gasteiger partial charge in [-0.05, 0) is 25.8 Å². The molecule has 1 aliphatic rings. The molecule has 0 amide bonds. The molecule has 0 radical (unpaired) electrons. The maximum Gasteiger partial charge on any atom is 0.00927 e. The average Bonchev–Trinajstić information content (AvgIpc) is 2.10. The summed E-state index contributed by atoms with van der Waals surface area (Å²) in [6.45, 7) is 5.92. The van der Waals surface area contributed by atoms with Crippen molar-refractivity contribution in [2.24, 2.45) is 5.92 Å². The molecule has 0 saturated carbocycles. The first-order valence-corrected chi connectivity index (χ1v) is 3.94. The molecular formula is C8H17N. The third-order valence-corrected chi connectivity index (χ3v) is 2.37. The van der Waals surface area contributed by atoms with Gasteiger partial charge in [0.1, 0.15) is 0 Å². The van der Waals surface area contributed by atoms with Gasteiger partial charge in [0.15, 0.2) is 0 Å². The second-order valence-corrected chi connectivity index (χ2v) is 3.34. The van der Waals surface area contributed by atoms with Gasteiger partial charge in [0, 0.05) is 12.6 Å². The predicted octanol–water partition coefficient (Wildman–Crippen LogP) is 1.74. The van der Waals surface area contributed by atoms with E-state index in [1.54, 1.807) is 0 Å². The normalized spacial score (nSPS) is 37.7. The van der Waals surface area contributed by atoms with Gasteiger partial charge in [-0.1, -0.05) is 13.8 Å². The van der Waals surface area contributed by atoms with Gasteiger partial charge in [-0.2, -0.15) is 0 Å². The minimum atomic E-state index is 0.875. The highest BCUT2D eigenvalue weighted by atomic mass is 15.1. The summed E-state index contributed by atoms with van der Waals surface area (Å²) in [6.07, 6.45) is 2.73. The second-order valence-electron chi connectivity index (χ2n) is 3.34. The first-order valence-electron chi connectivity index (χ1n) is 3.94. The molecular weight excluding hydrogens is 110 g/mol. The van der Waals surface area contributed by atoms with E-state index in [-0.39, 0.29) is 0 Å². The van der Waals surface area contributed by atoms with E-state index in [0.29, 0.717) is 0 Å². The van der Waals surface area contributed by atoms with Crippen LogP contribution in [-0.2, 0) is 0 Å². The van der Waals surface area contributed by atoms with Crippen LogP contribution in [0.15, 0.2) is 0 Å². The second kappa shape index (κ2) is 2.70.